The molecule has 0 aliphatic carbocycles. The van der Waals surface area contributed by atoms with Gasteiger partial charge in [-0.2, -0.15) is 0 Å². The number of nitrogens with one attached hydrogen (secondary N) is 2. The van der Waals surface area contributed by atoms with Gasteiger partial charge in [0.15, 0.2) is 11.5 Å². The molecule has 2 N–H and O–H groups in total. The van der Waals surface area contributed by atoms with Gasteiger partial charge in [-0.15, -0.1) is 0 Å². The van der Waals surface area contributed by atoms with E-state index in [1.807, 2.05) is 36.5 Å². The Labute approximate surface area is 163 Å². The van der Waals surface area contributed by atoms with E-state index in [1.165, 1.54) is 7.11 Å². The largest absolute Gasteiger partial charge is 0.493 e. The van der Waals surface area contributed by atoms with E-state index in [1.54, 1.807) is 13.2 Å². The Kier molecular flexibility index (Phi) is 5.08. The van der Waals surface area contributed by atoms with E-state index < -0.39 is 5.97 Å². The highest BCUT2D eigenvalue weighted by atomic mass is 16.5. The maximum absolute atomic E-state index is 12.3. The average Bonchev–Trinajstić information content (AvgIpc) is 3.20. The third-order valence-electron chi connectivity index (χ3n) is 4.91. The van der Waals surface area contributed by atoms with Crippen molar-refractivity contribution < 1.29 is 19.0 Å². The molecule has 0 radical (unpaired) electrons. The van der Waals surface area contributed by atoms with Crippen LogP contribution >= 0.6 is 0 Å². The summed E-state index contributed by atoms with van der Waals surface area (Å²) in [6.07, 6.45) is 1.86. The number of hydrogen-bond acceptors (Lipinski definition) is 6. The number of carbonyl (C=O) groups excluding carboxylic acids is 1. The highest BCUT2D eigenvalue weighted by Crippen LogP contribution is 2.38. The Balaban J connectivity index is 1.75. The fourth-order valence-corrected chi connectivity index (χ4v) is 3.41. The first-order valence-corrected chi connectivity index (χ1v) is 9.20. The number of nitrogens with zero attached hydrogens (tertiary/aromatic N) is 1. The molecule has 7 nitrogen and oxygen atoms in total. The molecule has 0 amide bonds. The number of piperazine rings is 1. The molecule has 28 heavy (non-hydrogen) atoms. The molecule has 4 rings (SSSR count). The molecule has 2 aromatic carbocycles. The summed E-state index contributed by atoms with van der Waals surface area (Å²) in [4.78, 5) is 17.7. The van der Waals surface area contributed by atoms with E-state index in [2.05, 4.69) is 15.2 Å². The number of aromatic nitrogens is 1. The van der Waals surface area contributed by atoms with Crippen molar-refractivity contribution >= 4 is 22.6 Å². The summed E-state index contributed by atoms with van der Waals surface area (Å²) in [6, 6.07) is 11.3. The van der Waals surface area contributed by atoms with Gasteiger partial charge in [0, 0.05) is 61.1 Å². The predicted octanol–water partition coefficient (Wildman–Crippen LogP) is 3.17. The highest BCUT2D eigenvalue weighted by molar-refractivity contribution is 5.93. The van der Waals surface area contributed by atoms with Crippen LogP contribution in [0.1, 0.15) is 10.4 Å². The summed E-state index contributed by atoms with van der Waals surface area (Å²) in [5, 5.41) is 4.33. The first kappa shape index (κ1) is 18.2. The van der Waals surface area contributed by atoms with Crippen LogP contribution in [0.5, 0.6) is 17.2 Å². The molecular weight excluding hydrogens is 358 g/mol. The summed E-state index contributed by atoms with van der Waals surface area (Å²) in [7, 11) is 2.96. The smallest absolute Gasteiger partial charge is 0.341 e. The van der Waals surface area contributed by atoms with Crippen LogP contribution in [0.4, 0.5) is 5.69 Å². The fraction of sp³-hybridized carbons (Fsp3) is 0.286. The van der Waals surface area contributed by atoms with E-state index in [9.17, 15) is 4.79 Å². The van der Waals surface area contributed by atoms with Crippen molar-refractivity contribution in [2.75, 3.05) is 45.3 Å². The van der Waals surface area contributed by atoms with Crippen molar-refractivity contribution in [3.8, 4) is 17.2 Å². The molecule has 0 atom stereocenters. The van der Waals surface area contributed by atoms with Gasteiger partial charge in [0.2, 0.25) is 0 Å². The van der Waals surface area contributed by atoms with Crippen LogP contribution in [0.25, 0.3) is 10.9 Å². The maximum Gasteiger partial charge on any atom is 0.341 e. The van der Waals surface area contributed by atoms with E-state index in [-0.39, 0.29) is 0 Å². The summed E-state index contributed by atoms with van der Waals surface area (Å²) < 4.78 is 16.6. The molecule has 0 unspecified atom stereocenters. The van der Waals surface area contributed by atoms with Gasteiger partial charge in [-0.3, -0.25) is 0 Å². The second-order valence-corrected chi connectivity index (χ2v) is 6.58. The van der Waals surface area contributed by atoms with Crippen LogP contribution < -0.4 is 19.7 Å². The molecule has 1 fully saturated rings. The number of ether oxygens (including phenoxy) is 3. The third kappa shape index (κ3) is 3.48. The number of esters is 1. The third-order valence-corrected chi connectivity index (χ3v) is 4.91. The normalized spacial score (nSPS) is 14.1. The minimum absolute atomic E-state index is 0.373. The summed E-state index contributed by atoms with van der Waals surface area (Å²) >= 11 is 0. The van der Waals surface area contributed by atoms with Gasteiger partial charge < -0.3 is 29.4 Å². The number of H-pyrrole nitrogens is 1. The van der Waals surface area contributed by atoms with Crippen molar-refractivity contribution in [2.45, 2.75) is 0 Å². The van der Waals surface area contributed by atoms with Crippen molar-refractivity contribution in [1.82, 2.24) is 10.3 Å². The summed E-state index contributed by atoms with van der Waals surface area (Å²) in [6.45, 7) is 3.64. The molecule has 1 aliphatic heterocycles. The topological polar surface area (TPSA) is 75.8 Å². The minimum atomic E-state index is -0.441. The lowest BCUT2D eigenvalue weighted by Gasteiger charge is -2.30. The molecule has 1 aliphatic rings. The summed E-state index contributed by atoms with van der Waals surface area (Å²) in [5.74, 6) is 1.12. The van der Waals surface area contributed by atoms with Crippen molar-refractivity contribution in [3.63, 3.8) is 0 Å². The molecule has 3 aromatic rings. The standard InChI is InChI=1S/C21H23N3O4/c1-26-19-13-17-14(5-6-23-17)11-20(19)28-18-12-15(24-9-7-22-8-10-24)3-4-16(18)21(25)27-2/h3-6,11-13,22-23H,7-10H2,1-2H3. The van der Waals surface area contributed by atoms with Crippen LogP contribution in [0.3, 0.4) is 0 Å². The zero-order valence-corrected chi connectivity index (χ0v) is 16.0. The predicted molar refractivity (Wildman–Crippen MR) is 108 cm³/mol. The summed E-state index contributed by atoms with van der Waals surface area (Å²) in [5.41, 5.74) is 2.33. The molecule has 2 heterocycles. The van der Waals surface area contributed by atoms with Crippen molar-refractivity contribution in [1.29, 1.82) is 0 Å². The lowest BCUT2D eigenvalue weighted by Crippen LogP contribution is -2.43. The van der Waals surface area contributed by atoms with Crippen LogP contribution in [-0.2, 0) is 4.74 Å². The van der Waals surface area contributed by atoms with Gasteiger partial charge >= 0.3 is 5.97 Å². The molecule has 0 saturated carbocycles. The second-order valence-electron chi connectivity index (χ2n) is 6.58. The zero-order valence-electron chi connectivity index (χ0n) is 16.0. The van der Waals surface area contributed by atoms with Crippen molar-refractivity contribution in [3.05, 3.63) is 48.2 Å². The first-order valence-electron chi connectivity index (χ1n) is 9.20. The molecule has 0 spiro atoms. The number of methoxy groups -OCH3 is 2. The highest BCUT2D eigenvalue weighted by Gasteiger charge is 2.19. The molecule has 146 valence electrons. The van der Waals surface area contributed by atoms with Crippen LogP contribution in [-0.4, -0.2) is 51.4 Å². The number of anilines is 1. The number of rotatable bonds is 5. The van der Waals surface area contributed by atoms with Crippen molar-refractivity contribution in [2.24, 2.45) is 0 Å². The molecular formula is C21H23N3O4. The SMILES string of the molecule is COC(=O)c1ccc(N2CCNCC2)cc1Oc1cc2cc[nH]c2cc1OC. The van der Waals surface area contributed by atoms with E-state index >= 15 is 0 Å². The lowest BCUT2D eigenvalue weighted by molar-refractivity contribution is 0.0598. The molecule has 0 bridgehead atoms. The molecule has 1 aromatic heterocycles. The number of benzene rings is 2. The minimum Gasteiger partial charge on any atom is -0.493 e. The number of hydrogen-bond donors (Lipinski definition) is 2. The first-order chi connectivity index (χ1) is 13.7. The van der Waals surface area contributed by atoms with Gasteiger partial charge in [0.1, 0.15) is 11.3 Å². The molecule has 1 saturated heterocycles. The maximum atomic E-state index is 12.3. The van der Waals surface area contributed by atoms with E-state index in [0.29, 0.717) is 22.8 Å². The number of fused-ring (bicyclic) bond motifs is 1. The van der Waals surface area contributed by atoms with Gasteiger partial charge in [0.05, 0.1) is 14.2 Å². The van der Waals surface area contributed by atoms with Gasteiger partial charge in [-0.25, -0.2) is 4.79 Å². The molecule has 7 heteroatoms. The zero-order chi connectivity index (χ0) is 19.5. The van der Waals surface area contributed by atoms with Crippen LogP contribution in [0, 0.1) is 0 Å². The Bertz CT molecular complexity index is 992. The van der Waals surface area contributed by atoms with Crippen LogP contribution in [0.2, 0.25) is 0 Å². The average molecular weight is 381 g/mol. The van der Waals surface area contributed by atoms with E-state index in [0.717, 1.165) is 42.8 Å². The Morgan fingerprint density at radius 1 is 1.00 bits per heavy atom. The Hall–Kier alpha value is -3.19. The van der Waals surface area contributed by atoms with E-state index in [4.69, 9.17) is 14.2 Å². The fourth-order valence-electron chi connectivity index (χ4n) is 3.41. The van der Waals surface area contributed by atoms with Gasteiger partial charge in [-0.05, 0) is 24.3 Å². The number of carbonyl (C=O) groups is 1. The van der Waals surface area contributed by atoms with Gasteiger partial charge in [0.25, 0.3) is 0 Å². The van der Waals surface area contributed by atoms with Gasteiger partial charge in [-0.1, -0.05) is 0 Å². The Morgan fingerprint density at radius 2 is 1.82 bits per heavy atom. The van der Waals surface area contributed by atoms with Crippen LogP contribution in [0.15, 0.2) is 42.6 Å². The Morgan fingerprint density at radius 3 is 2.57 bits per heavy atom. The quantitative estimate of drug-likeness (QED) is 0.661. The lowest BCUT2D eigenvalue weighted by atomic mass is 10.1. The number of aromatic amines is 1. The monoisotopic (exact) mass is 381 g/mol. The second kappa shape index (κ2) is 7.82.